The van der Waals surface area contributed by atoms with Crippen LogP contribution in [-0.4, -0.2) is 33.0 Å². The van der Waals surface area contributed by atoms with E-state index in [4.69, 9.17) is 9.52 Å². The second kappa shape index (κ2) is 6.10. The molecule has 20 heavy (non-hydrogen) atoms. The molecule has 6 heteroatoms. The van der Waals surface area contributed by atoms with Gasteiger partial charge < -0.3 is 19.0 Å². The van der Waals surface area contributed by atoms with Crippen LogP contribution in [0.1, 0.15) is 23.2 Å². The van der Waals surface area contributed by atoms with Crippen molar-refractivity contribution in [3.63, 3.8) is 0 Å². The van der Waals surface area contributed by atoms with Crippen molar-refractivity contribution in [2.24, 2.45) is 0 Å². The van der Waals surface area contributed by atoms with E-state index in [1.165, 1.54) is 4.57 Å². The number of nitrogens with zero attached hydrogens (tertiary/aromatic N) is 2. The number of carbonyl (C=O) groups excluding carboxylic acids is 1. The molecule has 0 bridgehead atoms. The molecule has 0 atom stereocenters. The van der Waals surface area contributed by atoms with E-state index in [2.05, 4.69) is 0 Å². The smallest absolute Gasteiger partial charge is 0.323 e. The standard InChI is InChI=1S/C14H16N2O4/c1-2-15(9-11-5-4-8-20-11)14(19)12-6-3-7-16(12)10-13(17)18/h3-8H,2,9-10H2,1H3,(H,17,18). The largest absolute Gasteiger partial charge is 0.480 e. The van der Waals surface area contributed by atoms with Crippen LogP contribution in [0.25, 0.3) is 0 Å². The van der Waals surface area contributed by atoms with Gasteiger partial charge in [-0.2, -0.15) is 0 Å². The van der Waals surface area contributed by atoms with Crippen LogP contribution >= 0.6 is 0 Å². The van der Waals surface area contributed by atoms with Crippen molar-refractivity contribution in [3.8, 4) is 0 Å². The highest BCUT2D eigenvalue weighted by Crippen LogP contribution is 2.11. The van der Waals surface area contributed by atoms with Gasteiger partial charge in [0.1, 0.15) is 18.0 Å². The molecule has 0 aromatic carbocycles. The Labute approximate surface area is 116 Å². The topological polar surface area (TPSA) is 75.7 Å². The Hall–Kier alpha value is -2.50. The number of rotatable bonds is 6. The van der Waals surface area contributed by atoms with Gasteiger partial charge in [-0.15, -0.1) is 0 Å². The van der Waals surface area contributed by atoms with Gasteiger partial charge >= 0.3 is 5.97 Å². The van der Waals surface area contributed by atoms with Crippen molar-refractivity contribution in [1.29, 1.82) is 0 Å². The monoisotopic (exact) mass is 276 g/mol. The average Bonchev–Trinajstić information content (AvgIpc) is 3.05. The van der Waals surface area contributed by atoms with E-state index >= 15 is 0 Å². The number of hydrogen-bond acceptors (Lipinski definition) is 3. The Morgan fingerprint density at radius 2 is 2.15 bits per heavy atom. The van der Waals surface area contributed by atoms with Crippen molar-refractivity contribution < 1.29 is 19.1 Å². The van der Waals surface area contributed by atoms with E-state index in [0.29, 0.717) is 24.5 Å². The summed E-state index contributed by atoms with van der Waals surface area (Å²) in [5, 5.41) is 8.83. The Bertz CT molecular complexity index is 586. The first-order valence-corrected chi connectivity index (χ1v) is 6.30. The van der Waals surface area contributed by atoms with Gasteiger partial charge in [0.2, 0.25) is 0 Å². The summed E-state index contributed by atoms with van der Waals surface area (Å²) in [4.78, 5) is 24.8. The van der Waals surface area contributed by atoms with Crippen molar-refractivity contribution in [3.05, 3.63) is 48.2 Å². The summed E-state index contributed by atoms with van der Waals surface area (Å²) in [6, 6.07) is 6.85. The van der Waals surface area contributed by atoms with E-state index in [-0.39, 0.29) is 12.5 Å². The zero-order chi connectivity index (χ0) is 14.5. The van der Waals surface area contributed by atoms with Gasteiger partial charge in [-0.3, -0.25) is 9.59 Å². The molecule has 0 unspecified atom stereocenters. The van der Waals surface area contributed by atoms with Gasteiger partial charge in [-0.1, -0.05) is 0 Å². The predicted molar refractivity (Wildman–Crippen MR) is 71.2 cm³/mol. The van der Waals surface area contributed by atoms with Crippen molar-refractivity contribution in [2.45, 2.75) is 20.0 Å². The first-order valence-electron chi connectivity index (χ1n) is 6.30. The maximum absolute atomic E-state index is 12.4. The van der Waals surface area contributed by atoms with Crippen molar-refractivity contribution in [1.82, 2.24) is 9.47 Å². The summed E-state index contributed by atoms with van der Waals surface area (Å²) in [7, 11) is 0. The lowest BCUT2D eigenvalue weighted by Crippen LogP contribution is -2.32. The highest BCUT2D eigenvalue weighted by molar-refractivity contribution is 5.93. The molecule has 0 aliphatic heterocycles. The Kier molecular flexibility index (Phi) is 4.24. The maximum Gasteiger partial charge on any atom is 0.323 e. The molecule has 2 aromatic rings. The lowest BCUT2D eigenvalue weighted by molar-refractivity contribution is -0.137. The second-order valence-electron chi connectivity index (χ2n) is 4.31. The van der Waals surface area contributed by atoms with E-state index in [1.807, 2.05) is 6.92 Å². The van der Waals surface area contributed by atoms with Crippen LogP contribution in [0, 0.1) is 0 Å². The number of amides is 1. The molecule has 0 fully saturated rings. The van der Waals surface area contributed by atoms with Crippen LogP contribution in [0.3, 0.4) is 0 Å². The number of carbonyl (C=O) groups is 2. The highest BCUT2D eigenvalue weighted by atomic mass is 16.4. The molecule has 0 aliphatic carbocycles. The van der Waals surface area contributed by atoms with Crippen LogP contribution in [0.5, 0.6) is 0 Å². The zero-order valence-corrected chi connectivity index (χ0v) is 11.2. The fraction of sp³-hybridized carbons (Fsp3) is 0.286. The summed E-state index contributed by atoms with van der Waals surface area (Å²) in [5.41, 5.74) is 0.362. The summed E-state index contributed by atoms with van der Waals surface area (Å²) in [6.45, 7) is 2.51. The number of aliphatic carboxylic acids is 1. The van der Waals surface area contributed by atoms with Gasteiger partial charge in [-0.25, -0.2) is 0 Å². The normalized spacial score (nSPS) is 10.4. The van der Waals surface area contributed by atoms with Crippen LogP contribution in [0.4, 0.5) is 0 Å². The SMILES string of the molecule is CCN(Cc1ccco1)C(=O)c1cccn1CC(=O)O. The van der Waals surface area contributed by atoms with Crippen molar-refractivity contribution >= 4 is 11.9 Å². The third-order valence-electron chi connectivity index (χ3n) is 2.95. The first kappa shape index (κ1) is 13.9. The summed E-state index contributed by atoms with van der Waals surface area (Å²) in [6.07, 6.45) is 3.14. The Balaban J connectivity index is 2.16. The fourth-order valence-electron chi connectivity index (χ4n) is 1.97. The third-order valence-corrected chi connectivity index (χ3v) is 2.95. The Morgan fingerprint density at radius 3 is 2.75 bits per heavy atom. The van der Waals surface area contributed by atoms with E-state index in [1.54, 1.807) is 41.6 Å². The van der Waals surface area contributed by atoms with Crippen LogP contribution < -0.4 is 0 Å². The lowest BCUT2D eigenvalue weighted by Gasteiger charge is -2.20. The number of furan rings is 1. The summed E-state index contributed by atoms with van der Waals surface area (Å²) >= 11 is 0. The second-order valence-corrected chi connectivity index (χ2v) is 4.31. The van der Waals surface area contributed by atoms with E-state index in [9.17, 15) is 9.59 Å². The molecule has 2 rings (SSSR count). The van der Waals surface area contributed by atoms with E-state index < -0.39 is 5.97 Å². The van der Waals surface area contributed by atoms with Crippen molar-refractivity contribution in [2.75, 3.05) is 6.54 Å². The molecule has 0 saturated heterocycles. The van der Waals surface area contributed by atoms with Gasteiger partial charge in [-0.05, 0) is 31.2 Å². The minimum Gasteiger partial charge on any atom is -0.480 e. The van der Waals surface area contributed by atoms with Crippen LogP contribution in [-0.2, 0) is 17.9 Å². The summed E-state index contributed by atoms with van der Waals surface area (Å²) in [5.74, 6) is -0.504. The van der Waals surface area contributed by atoms with Crippen LogP contribution in [0.2, 0.25) is 0 Å². The van der Waals surface area contributed by atoms with E-state index in [0.717, 1.165) is 0 Å². The number of aromatic nitrogens is 1. The molecule has 2 heterocycles. The minimum absolute atomic E-state index is 0.213. The molecule has 0 radical (unpaired) electrons. The molecule has 1 amide bonds. The molecule has 0 aliphatic rings. The van der Waals surface area contributed by atoms with Gasteiger partial charge in [0.15, 0.2) is 0 Å². The van der Waals surface area contributed by atoms with Crippen LogP contribution in [0.15, 0.2) is 41.1 Å². The average molecular weight is 276 g/mol. The quantitative estimate of drug-likeness (QED) is 0.873. The minimum atomic E-state index is -0.982. The number of hydrogen-bond donors (Lipinski definition) is 1. The third kappa shape index (κ3) is 3.09. The number of carboxylic acid groups (broad SMARTS) is 1. The zero-order valence-electron chi connectivity index (χ0n) is 11.2. The molecule has 0 saturated carbocycles. The highest BCUT2D eigenvalue weighted by Gasteiger charge is 2.19. The lowest BCUT2D eigenvalue weighted by atomic mass is 10.3. The molecular weight excluding hydrogens is 260 g/mol. The van der Waals surface area contributed by atoms with Gasteiger partial charge in [0, 0.05) is 12.7 Å². The maximum atomic E-state index is 12.4. The van der Waals surface area contributed by atoms with Gasteiger partial charge in [0.25, 0.3) is 5.91 Å². The van der Waals surface area contributed by atoms with Gasteiger partial charge in [0.05, 0.1) is 12.8 Å². The Morgan fingerprint density at radius 1 is 1.35 bits per heavy atom. The molecule has 0 spiro atoms. The number of carboxylic acids is 1. The predicted octanol–water partition coefficient (Wildman–Crippen LogP) is 1.83. The fourth-order valence-corrected chi connectivity index (χ4v) is 1.97. The summed E-state index contributed by atoms with van der Waals surface area (Å²) < 4.78 is 6.66. The molecular formula is C14H16N2O4. The molecule has 2 aromatic heterocycles. The first-order chi connectivity index (χ1) is 9.61. The molecule has 6 nitrogen and oxygen atoms in total. The molecule has 106 valence electrons. The molecule has 1 N–H and O–H groups in total.